The molecule has 0 saturated heterocycles. The van der Waals surface area contributed by atoms with Crippen LogP contribution < -0.4 is 0 Å². The second-order valence-electron chi connectivity index (χ2n) is 6.28. The van der Waals surface area contributed by atoms with Gasteiger partial charge in [-0.1, -0.05) is 48.2 Å². The fraction of sp³-hybridized carbons (Fsp3) is 0.217. The van der Waals surface area contributed by atoms with Crippen molar-refractivity contribution >= 4 is 22.7 Å². The van der Waals surface area contributed by atoms with Crippen molar-refractivity contribution in [2.75, 3.05) is 26.7 Å². The number of benzene rings is 3. The van der Waals surface area contributed by atoms with Crippen LogP contribution in [0.5, 0.6) is 0 Å². The van der Waals surface area contributed by atoms with Gasteiger partial charge in [0.1, 0.15) is 12.5 Å². The molecule has 0 aliphatic heterocycles. The van der Waals surface area contributed by atoms with Crippen molar-refractivity contribution in [3.63, 3.8) is 0 Å². The third kappa shape index (κ3) is 4.25. The van der Waals surface area contributed by atoms with Gasteiger partial charge in [-0.05, 0) is 42.5 Å². The Balaban J connectivity index is 2.07. The van der Waals surface area contributed by atoms with Crippen LogP contribution in [0.1, 0.15) is 11.1 Å². The maximum absolute atomic E-state index is 6.00. The summed E-state index contributed by atoms with van der Waals surface area (Å²) in [4.78, 5) is 3.62. The third-order valence-corrected chi connectivity index (χ3v) is 6.79. The summed E-state index contributed by atoms with van der Waals surface area (Å²) < 4.78 is 12.0. The van der Waals surface area contributed by atoms with Gasteiger partial charge in [-0.25, -0.2) is 0 Å². The summed E-state index contributed by atoms with van der Waals surface area (Å²) in [7, 11) is 3.62. The molecular weight excluding hydrogens is 372 g/mol. The lowest BCUT2D eigenvalue weighted by molar-refractivity contribution is -0.185. The van der Waals surface area contributed by atoms with E-state index in [1.54, 1.807) is 26.0 Å². The van der Waals surface area contributed by atoms with Crippen LogP contribution in [0.15, 0.2) is 93.5 Å². The first kappa shape index (κ1) is 20.0. The molecule has 0 amide bonds. The smallest absolute Gasteiger partial charge is 0.222 e. The Hall–Kier alpha value is -1.72. The number of hydrogen-bond acceptors (Lipinski definition) is 3. The minimum atomic E-state index is -0.947. The van der Waals surface area contributed by atoms with Crippen molar-refractivity contribution in [2.24, 2.45) is 0 Å². The summed E-state index contributed by atoms with van der Waals surface area (Å²) in [5, 5.41) is 0. The molecule has 0 aromatic heterocycles. The summed E-state index contributed by atoms with van der Waals surface area (Å²) in [5.41, 5.74) is 1.99. The zero-order chi connectivity index (χ0) is 19.3. The molecule has 0 unspecified atom stereocenters. The monoisotopic (exact) mass is 397 g/mol. The quantitative estimate of drug-likeness (QED) is 0.384. The summed E-state index contributed by atoms with van der Waals surface area (Å²) >= 11 is 1.72. The molecule has 0 N–H and O–H groups in total. The van der Waals surface area contributed by atoms with E-state index in [-0.39, 0.29) is 10.9 Å². The van der Waals surface area contributed by atoms with Gasteiger partial charge in [-0.2, -0.15) is 0 Å². The lowest BCUT2D eigenvalue weighted by Gasteiger charge is -2.33. The van der Waals surface area contributed by atoms with Crippen LogP contribution in [0.25, 0.3) is 0 Å². The van der Waals surface area contributed by atoms with Crippen LogP contribution in [0.3, 0.4) is 0 Å². The average molecular weight is 398 g/mol. The maximum atomic E-state index is 6.00. The molecule has 0 spiro atoms. The highest BCUT2D eigenvalue weighted by atomic mass is 32.2. The SMILES string of the molecule is COC(OC)(c1ccc([S+](C)C)cc1)c1ccccc1Sc1ccccc1. The van der Waals surface area contributed by atoms with Gasteiger partial charge in [0.2, 0.25) is 5.79 Å². The maximum Gasteiger partial charge on any atom is 0.222 e. The van der Waals surface area contributed by atoms with E-state index < -0.39 is 5.79 Å². The molecule has 0 atom stereocenters. The fourth-order valence-electron chi connectivity index (χ4n) is 3.08. The molecule has 0 heterocycles. The van der Waals surface area contributed by atoms with Crippen molar-refractivity contribution in [1.82, 2.24) is 0 Å². The second-order valence-corrected chi connectivity index (χ2v) is 9.50. The van der Waals surface area contributed by atoms with E-state index >= 15 is 0 Å². The van der Waals surface area contributed by atoms with Crippen LogP contribution in [0.4, 0.5) is 0 Å². The van der Waals surface area contributed by atoms with E-state index in [1.807, 2.05) is 18.2 Å². The van der Waals surface area contributed by atoms with Crippen LogP contribution in [-0.2, 0) is 26.2 Å². The number of ether oxygens (including phenoxy) is 2. The number of methoxy groups -OCH3 is 2. The fourth-order valence-corrected chi connectivity index (χ4v) is 4.77. The Kier molecular flexibility index (Phi) is 6.66. The predicted octanol–water partition coefficient (Wildman–Crippen LogP) is 5.57. The first-order valence-electron chi connectivity index (χ1n) is 8.71. The average Bonchev–Trinajstić information content (AvgIpc) is 2.71. The van der Waals surface area contributed by atoms with Crippen molar-refractivity contribution in [1.29, 1.82) is 0 Å². The summed E-state index contributed by atoms with van der Waals surface area (Å²) in [6.45, 7) is 0. The number of hydrogen-bond donors (Lipinski definition) is 0. The molecule has 0 radical (unpaired) electrons. The Morgan fingerprint density at radius 1 is 0.741 bits per heavy atom. The normalized spacial score (nSPS) is 11.7. The van der Waals surface area contributed by atoms with E-state index in [0.29, 0.717) is 0 Å². The minimum absolute atomic E-state index is 0.221. The van der Waals surface area contributed by atoms with Gasteiger partial charge in [-0.15, -0.1) is 0 Å². The van der Waals surface area contributed by atoms with Gasteiger partial charge < -0.3 is 9.47 Å². The van der Waals surface area contributed by atoms with E-state index in [9.17, 15) is 0 Å². The Morgan fingerprint density at radius 3 is 1.93 bits per heavy atom. The van der Waals surface area contributed by atoms with Crippen molar-refractivity contribution in [2.45, 2.75) is 20.5 Å². The first-order valence-corrected chi connectivity index (χ1v) is 11.6. The summed E-state index contributed by atoms with van der Waals surface area (Å²) in [6.07, 6.45) is 4.45. The van der Waals surface area contributed by atoms with Gasteiger partial charge >= 0.3 is 0 Å². The van der Waals surface area contributed by atoms with Gasteiger partial charge in [0.25, 0.3) is 0 Å². The largest absolute Gasteiger partial charge is 0.346 e. The molecule has 2 nitrogen and oxygen atoms in total. The van der Waals surface area contributed by atoms with Gasteiger partial charge in [-0.3, -0.25) is 0 Å². The molecular formula is C23H25O2S2+. The van der Waals surface area contributed by atoms with Crippen molar-refractivity contribution in [3.05, 3.63) is 90.0 Å². The van der Waals surface area contributed by atoms with E-state index in [4.69, 9.17) is 9.47 Å². The molecule has 4 heteroatoms. The molecule has 0 fully saturated rings. The number of rotatable bonds is 7. The molecule has 3 aromatic rings. The highest BCUT2D eigenvalue weighted by Gasteiger charge is 2.37. The van der Waals surface area contributed by atoms with Gasteiger partial charge in [0.15, 0.2) is 4.90 Å². The van der Waals surface area contributed by atoms with Gasteiger partial charge in [0.05, 0.1) is 0 Å². The highest BCUT2D eigenvalue weighted by Crippen LogP contribution is 2.41. The van der Waals surface area contributed by atoms with E-state index in [2.05, 4.69) is 73.2 Å². The molecule has 0 aliphatic rings. The molecule has 0 saturated carbocycles. The lowest BCUT2D eigenvalue weighted by atomic mass is 9.97. The summed E-state index contributed by atoms with van der Waals surface area (Å²) in [6, 6.07) is 27.2. The lowest BCUT2D eigenvalue weighted by Crippen LogP contribution is -2.33. The third-order valence-electron chi connectivity index (χ3n) is 4.49. The second kappa shape index (κ2) is 8.98. The van der Waals surface area contributed by atoms with Crippen molar-refractivity contribution in [3.8, 4) is 0 Å². The molecule has 27 heavy (non-hydrogen) atoms. The predicted molar refractivity (Wildman–Crippen MR) is 116 cm³/mol. The van der Waals surface area contributed by atoms with Gasteiger partial charge in [0, 0.05) is 46.0 Å². The van der Waals surface area contributed by atoms with E-state index in [0.717, 1.165) is 16.0 Å². The molecule has 0 aliphatic carbocycles. The molecule has 0 bridgehead atoms. The van der Waals surface area contributed by atoms with Crippen molar-refractivity contribution < 1.29 is 9.47 Å². The topological polar surface area (TPSA) is 18.5 Å². The molecule has 3 aromatic carbocycles. The van der Waals surface area contributed by atoms with Crippen LogP contribution in [-0.4, -0.2) is 26.7 Å². The summed E-state index contributed by atoms with van der Waals surface area (Å²) in [5.74, 6) is -0.947. The molecule has 140 valence electrons. The first-order chi connectivity index (χ1) is 13.1. The van der Waals surface area contributed by atoms with Crippen LogP contribution >= 0.6 is 11.8 Å². The van der Waals surface area contributed by atoms with E-state index in [1.165, 1.54) is 9.79 Å². The van der Waals surface area contributed by atoms with Crippen LogP contribution in [0.2, 0.25) is 0 Å². The zero-order valence-corrected chi connectivity index (χ0v) is 17.8. The zero-order valence-electron chi connectivity index (χ0n) is 16.1. The Morgan fingerprint density at radius 2 is 1.33 bits per heavy atom. The minimum Gasteiger partial charge on any atom is -0.346 e. The van der Waals surface area contributed by atoms with Crippen LogP contribution in [0, 0.1) is 0 Å². The Labute approximate surface area is 169 Å². The highest BCUT2D eigenvalue weighted by molar-refractivity contribution is 7.99. The Bertz CT molecular complexity index is 857. The molecule has 3 rings (SSSR count). The standard InChI is InChI=1S/C23H25O2S2/c1-24-23(25-2,18-14-16-20(17-15-18)27(3)4)21-12-8-9-13-22(21)26-19-10-6-5-7-11-19/h5-17H,1-4H3/q+1.